The van der Waals surface area contributed by atoms with E-state index in [0.717, 1.165) is 35.6 Å². The largest absolute Gasteiger partial charge is 0.443 e. The van der Waals surface area contributed by atoms with Crippen LogP contribution in [0.3, 0.4) is 0 Å². The van der Waals surface area contributed by atoms with Crippen molar-refractivity contribution >= 4 is 41.7 Å². The molecule has 6 nitrogen and oxygen atoms in total. The molecular weight excluding hydrogens is 467 g/mol. The highest BCUT2D eigenvalue weighted by Crippen LogP contribution is 2.35. The summed E-state index contributed by atoms with van der Waals surface area (Å²) >= 11 is 0. The molecule has 0 radical (unpaired) electrons. The van der Waals surface area contributed by atoms with Gasteiger partial charge in [0.05, 0.1) is 5.69 Å². The Bertz CT molecular complexity index is 694. The molecule has 1 aromatic carbocycles. The molecule has 0 unspecified atom stereocenters. The summed E-state index contributed by atoms with van der Waals surface area (Å²) in [6, 6.07) is 6.76. The second-order valence-electron chi connectivity index (χ2n) is 8.43. The monoisotopic (exact) mass is 502 g/mol. The van der Waals surface area contributed by atoms with Crippen molar-refractivity contribution in [1.29, 1.82) is 0 Å². The minimum absolute atomic E-state index is 0. The molecule has 1 aliphatic rings. The number of nitrogens with one attached hydrogen (secondary N) is 2. The Hall–Kier alpha value is -1.51. The van der Waals surface area contributed by atoms with Gasteiger partial charge >= 0.3 is 6.09 Å². The maximum Gasteiger partial charge on any atom is 0.415 e. The first kappa shape index (κ1) is 24.5. The van der Waals surface area contributed by atoms with Crippen LogP contribution in [0.1, 0.15) is 58.6 Å². The molecule has 1 aromatic rings. The second-order valence-corrected chi connectivity index (χ2v) is 8.43. The van der Waals surface area contributed by atoms with Crippen molar-refractivity contribution in [3.63, 3.8) is 0 Å². The topological polar surface area (TPSA) is 66.0 Å². The van der Waals surface area contributed by atoms with Crippen molar-refractivity contribution in [3.8, 4) is 0 Å². The van der Waals surface area contributed by atoms with Gasteiger partial charge in [-0.25, -0.2) is 4.79 Å². The van der Waals surface area contributed by atoms with Crippen molar-refractivity contribution < 1.29 is 9.53 Å². The van der Waals surface area contributed by atoms with Gasteiger partial charge in [0.25, 0.3) is 0 Å². The number of guanidine groups is 1. The average Bonchev–Trinajstić information content (AvgIpc) is 3.36. The summed E-state index contributed by atoms with van der Waals surface area (Å²) in [5, 5.41) is 6.59. The van der Waals surface area contributed by atoms with E-state index >= 15 is 0 Å². The molecule has 158 valence electrons. The van der Waals surface area contributed by atoms with Crippen LogP contribution in [-0.2, 0) is 11.3 Å². The number of carbonyl (C=O) groups excluding carboxylic acids is 1. The maximum atomic E-state index is 12.7. The standard InChI is InChI=1S/C21H34N4O2.HI/c1-14(2)24-19(22-7)23-13-16-8-11-18(15(3)12-16)25(17-9-10-17)20(26)27-21(4,5)6;/h8,11-12,14,17H,9-10,13H2,1-7H3,(H2,22,23,24);1H. The minimum Gasteiger partial charge on any atom is -0.443 e. The fourth-order valence-electron chi connectivity index (χ4n) is 2.84. The van der Waals surface area contributed by atoms with Crippen molar-refractivity contribution in [2.75, 3.05) is 11.9 Å². The Morgan fingerprint density at radius 3 is 2.43 bits per heavy atom. The van der Waals surface area contributed by atoms with Gasteiger partial charge in [0.2, 0.25) is 0 Å². The summed E-state index contributed by atoms with van der Waals surface area (Å²) in [6.07, 6.45) is 1.79. The van der Waals surface area contributed by atoms with E-state index in [1.807, 2.05) is 38.7 Å². The molecule has 0 bridgehead atoms. The molecule has 1 aliphatic carbocycles. The van der Waals surface area contributed by atoms with E-state index in [1.54, 1.807) is 7.05 Å². The van der Waals surface area contributed by atoms with Crippen LogP contribution in [-0.4, -0.2) is 36.8 Å². The van der Waals surface area contributed by atoms with Gasteiger partial charge in [-0.3, -0.25) is 9.89 Å². The Labute approximate surface area is 186 Å². The number of aliphatic imine (C=N–C) groups is 1. The van der Waals surface area contributed by atoms with Crippen LogP contribution in [0, 0.1) is 6.92 Å². The van der Waals surface area contributed by atoms with Crippen LogP contribution < -0.4 is 15.5 Å². The van der Waals surface area contributed by atoms with Gasteiger partial charge in [-0.1, -0.05) is 12.1 Å². The first-order valence-electron chi connectivity index (χ1n) is 9.69. The van der Waals surface area contributed by atoms with E-state index in [4.69, 9.17) is 4.74 Å². The number of rotatable bonds is 5. The molecule has 1 saturated carbocycles. The molecular formula is C21H35IN4O2. The molecule has 0 atom stereocenters. The molecule has 2 rings (SSSR count). The van der Waals surface area contributed by atoms with Gasteiger partial charge in [-0.15, -0.1) is 24.0 Å². The highest BCUT2D eigenvalue weighted by Gasteiger charge is 2.37. The summed E-state index contributed by atoms with van der Waals surface area (Å²) in [7, 11) is 1.76. The van der Waals surface area contributed by atoms with Crippen molar-refractivity contribution in [1.82, 2.24) is 10.6 Å². The fraction of sp³-hybridized carbons (Fsp3) is 0.619. The van der Waals surface area contributed by atoms with Crippen LogP contribution in [0.4, 0.5) is 10.5 Å². The zero-order valence-corrected chi connectivity index (χ0v) is 20.5. The molecule has 0 heterocycles. The number of amides is 1. The van der Waals surface area contributed by atoms with Gasteiger partial charge in [0, 0.05) is 25.7 Å². The molecule has 0 spiro atoms. The van der Waals surface area contributed by atoms with E-state index in [1.165, 1.54) is 0 Å². The lowest BCUT2D eigenvalue weighted by Crippen LogP contribution is -2.40. The number of hydrogen-bond acceptors (Lipinski definition) is 3. The SMILES string of the molecule is CN=C(NCc1ccc(N(C(=O)OC(C)(C)C)C2CC2)c(C)c1)NC(C)C.I. The normalized spacial score (nSPS) is 14.4. The molecule has 0 aromatic heterocycles. The first-order valence-corrected chi connectivity index (χ1v) is 9.69. The maximum absolute atomic E-state index is 12.7. The van der Waals surface area contributed by atoms with E-state index in [0.29, 0.717) is 12.6 Å². The van der Waals surface area contributed by atoms with Crippen LogP contribution >= 0.6 is 24.0 Å². The molecule has 28 heavy (non-hydrogen) atoms. The summed E-state index contributed by atoms with van der Waals surface area (Å²) in [4.78, 5) is 18.7. The lowest BCUT2D eigenvalue weighted by Gasteiger charge is -2.28. The Kier molecular flexibility index (Phi) is 9.04. The Morgan fingerprint density at radius 1 is 1.32 bits per heavy atom. The third-order valence-electron chi connectivity index (χ3n) is 4.13. The molecule has 2 N–H and O–H groups in total. The number of anilines is 1. The molecule has 0 saturated heterocycles. The van der Waals surface area contributed by atoms with Gasteiger partial charge < -0.3 is 15.4 Å². The number of ether oxygens (including phenoxy) is 1. The fourth-order valence-corrected chi connectivity index (χ4v) is 2.84. The van der Waals surface area contributed by atoms with E-state index in [9.17, 15) is 4.79 Å². The molecule has 1 amide bonds. The minimum atomic E-state index is -0.499. The van der Waals surface area contributed by atoms with Gasteiger partial charge in [0.1, 0.15) is 5.60 Å². The predicted molar refractivity (Wildman–Crippen MR) is 127 cm³/mol. The number of nitrogens with zero attached hydrogens (tertiary/aromatic N) is 2. The van der Waals surface area contributed by atoms with E-state index in [-0.39, 0.29) is 36.1 Å². The zero-order valence-electron chi connectivity index (χ0n) is 18.1. The number of aryl methyl sites for hydroxylation is 1. The quantitative estimate of drug-likeness (QED) is 0.351. The van der Waals surface area contributed by atoms with Crippen molar-refractivity contribution in [2.45, 2.75) is 78.6 Å². The van der Waals surface area contributed by atoms with Crippen LogP contribution in [0.25, 0.3) is 0 Å². The average molecular weight is 502 g/mol. The van der Waals surface area contributed by atoms with Crippen molar-refractivity contribution in [2.24, 2.45) is 4.99 Å². The summed E-state index contributed by atoms with van der Waals surface area (Å²) < 4.78 is 5.62. The third kappa shape index (κ3) is 7.48. The van der Waals surface area contributed by atoms with Gasteiger partial charge in [-0.05, 0) is 71.6 Å². The molecule has 1 fully saturated rings. The highest BCUT2D eigenvalue weighted by atomic mass is 127. The zero-order chi connectivity index (χ0) is 20.2. The summed E-state index contributed by atoms with van der Waals surface area (Å²) in [6.45, 7) is 12.6. The van der Waals surface area contributed by atoms with Crippen LogP contribution in [0.5, 0.6) is 0 Å². The third-order valence-corrected chi connectivity index (χ3v) is 4.13. The number of halogens is 1. The summed E-state index contributed by atoms with van der Waals surface area (Å²) in [5.41, 5.74) is 2.64. The highest BCUT2D eigenvalue weighted by molar-refractivity contribution is 14.0. The Balaban J connectivity index is 0.00000392. The molecule has 7 heteroatoms. The van der Waals surface area contributed by atoms with E-state index < -0.39 is 5.60 Å². The van der Waals surface area contributed by atoms with Crippen LogP contribution in [0.15, 0.2) is 23.2 Å². The second kappa shape index (κ2) is 10.3. The molecule has 0 aliphatic heterocycles. The smallest absolute Gasteiger partial charge is 0.415 e. The lowest BCUT2D eigenvalue weighted by molar-refractivity contribution is 0.0577. The Morgan fingerprint density at radius 2 is 1.96 bits per heavy atom. The van der Waals surface area contributed by atoms with Crippen molar-refractivity contribution in [3.05, 3.63) is 29.3 Å². The van der Waals surface area contributed by atoms with E-state index in [2.05, 4.69) is 41.6 Å². The van der Waals surface area contributed by atoms with Gasteiger partial charge in [-0.2, -0.15) is 0 Å². The number of benzene rings is 1. The first-order chi connectivity index (χ1) is 12.6. The lowest BCUT2D eigenvalue weighted by atomic mass is 10.1. The summed E-state index contributed by atoms with van der Waals surface area (Å²) in [5.74, 6) is 0.778. The van der Waals surface area contributed by atoms with Gasteiger partial charge in [0.15, 0.2) is 5.96 Å². The predicted octanol–water partition coefficient (Wildman–Crippen LogP) is 4.59. The number of carbonyl (C=O) groups is 1. The number of hydrogen-bond donors (Lipinski definition) is 2. The van der Waals surface area contributed by atoms with Crippen LogP contribution in [0.2, 0.25) is 0 Å².